The first-order valence-corrected chi connectivity index (χ1v) is 32.3. The van der Waals surface area contributed by atoms with Gasteiger partial charge >= 0.3 is 17.9 Å². The minimum absolute atomic E-state index is 0.000486. The summed E-state index contributed by atoms with van der Waals surface area (Å²) in [5, 5.41) is 38.6. The lowest BCUT2D eigenvalue weighted by molar-refractivity contribution is -0.144. The molecular weight excluding hydrogens is 1020 g/mol. The summed E-state index contributed by atoms with van der Waals surface area (Å²) < 4.78 is 21.7. The quantitative estimate of drug-likeness (QED) is 0.0245. The zero-order valence-corrected chi connectivity index (χ0v) is 46.1. The van der Waals surface area contributed by atoms with Gasteiger partial charge in [-0.25, -0.2) is 0 Å². The Hall–Kier alpha value is -1.41. The number of ether oxygens (including phenoxy) is 4. The van der Waals surface area contributed by atoms with E-state index in [1.165, 1.54) is 44.9 Å². The molecule has 23 heteroatoms. The van der Waals surface area contributed by atoms with E-state index in [0.29, 0.717) is 45.4 Å². The van der Waals surface area contributed by atoms with Crippen LogP contribution in [0.25, 0.3) is 0 Å². The van der Waals surface area contributed by atoms with Crippen molar-refractivity contribution in [3.63, 3.8) is 0 Å². The Morgan fingerprint density at radius 2 is 0.971 bits per heavy atom. The molecule has 17 nitrogen and oxygen atoms in total. The molecule has 2 amide bonds. The van der Waals surface area contributed by atoms with Gasteiger partial charge in [0.25, 0.3) is 0 Å². The van der Waals surface area contributed by atoms with Crippen LogP contribution in [0.2, 0.25) is 0 Å². The second-order valence-electron chi connectivity index (χ2n) is 17.0. The van der Waals surface area contributed by atoms with Crippen LogP contribution in [0.5, 0.6) is 0 Å². The third-order valence-electron chi connectivity index (χ3n) is 10.9. The molecule has 0 radical (unpaired) electrons. The monoisotopic (exact) mass is 1110 g/mol. The number of unbranched alkanes of at least 4 members (excludes halogenated alkanes) is 15. The number of ketones is 2. The molecule has 1 heterocycles. The van der Waals surface area contributed by atoms with Crippen molar-refractivity contribution in [1.82, 2.24) is 16.0 Å². The number of hydrogen-bond acceptors (Lipinski definition) is 18. The number of amides is 2. The Bertz CT molecular complexity index is 1400. The van der Waals surface area contributed by atoms with Gasteiger partial charge in [-0.05, 0) is 38.5 Å². The topological polar surface area (TPSA) is 253 Å². The van der Waals surface area contributed by atoms with Crippen LogP contribution in [0.4, 0.5) is 0 Å². The maximum atomic E-state index is 12.5. The molecule has 0 aromatic heterocycles. The number of carboxylic acid groups (broad SMARTS) is 3. The predicted molar refractivity (Wildman–Crippen MR) is 287 cm³/mol. The number of carbonyl (C=O) groups excluding carboxylic acids is 4. The Balaban J connectivity index is 1.91. The fraction of sp³-hybridized carbons (Fsp3) is 0.851. The zero-order valence-electron chi connectivity index (χ0n) is 41.2. The summed E-state index contributed by atoms with van der Waals surface area (Å²) in [6.45, 7) is 2.16. The van der Waals surface area contributed by atoms with E-state index in [2.05, 4.69) is 16.0 Å². The van der Waals surface area contributed by atoms with Crippen molar-refractivity contribution in [2.24, 2.45) is 5.92 Å². The fourth-order valence-electron chi connectivity index (χ4n) is 7.03. The van der Waals surface area contributed by atoms with E-state index in [0.717, 1.165) is 74.4 Å². The molecule has 0 aliphatic carbocycles. The van der Waals surface area contributed by atoms with Gasteiger partial charge in [0.1, 0.15) is 29.7 Å². The average molecular weight is 1110 g/mol. The number of Topliss-reactive ketones (excluding diaryl/α,β-unsaturated/α-hetero) is 2. The van der Waals surface area contributed by atoms with E-state index in [-0.39, 0.29) is 100.0 Å². The summed E-state index contributed by atoms with van der Waals surface area (Å²) in [6.07, 6.45) is 19.5. The molecule has 6 N–H and O–H groups in total. The highest BCUT2D eigenvalue weighted by molar-refractivity contribution is 8.92. The highest BCUT2D eigenvalue weighted by Crippen LogP contribution is 2.46. The van der Waals surface area contributed by atoms with Gasteiger partial charge in [0.15, 0.2) is 5.78 Å². The van der Waals surface area contributed by atoms with Crippen molar-refractivity contribution in [3.8, 4) is 0 Å². The average Bonchev–Trinajstić information content (AvgIpc) is 3.46. The standard InChI is InChI=1S/C47H83N3O14S6/c51-39(19-14-11-9-7-5-3-1-2-4-6-8-10-12-16-22-44(55)56)33-38(45(57)58)23-24-42(53)49-26-28-62-30-31-63-34-40(52)20-18-27-61-29-32-64-35-43(54)48-25-17-13-15-21-41(46(59)60)50-47-69-67-36-65-66-37-68-70-47/h38,41,47,50H,1-37H2,(H,48,54)(H,49,53)(H,55,56)(H,57,58)(H,59,60)/t38-,41+/m1/s1. The van der Waals surface area contributed by atoms with Gasteiger partial charge in [-0.3, -0.25) is 38.9 Å². The first-order valence-electron chi connectivity index (χ1n) is 25.1. The van der Waals surface area contributed by atoms with E-state index >= 15 is 0 Å². The van der Waals surface area contributed by atoms with E-state index in [1.54, 1.807) is 43.2 Å². The molecule has 0 unspecified atom stereocenters. The molecule has 0 aromatic rings. The van der Waals surface area contributed by atoms with Crippen molar-refractivity contribution in [1.29, 1.82) is 0 Å². The molecular formula is C47H83N3O14S6. The highest BCUT2D eigenvalue weighted by atomic mass is 33.2. The molecule has 1 aliphatic heterocycles. The van der Waals surface area contributed by atoms with E-state index in [4.69, 9.17) is 24.1 Å². The molecule has 1 saturated heterocycles. The molecule has 70 heavy (non-hydrogen) atoms. The molecule has 406 valence electrons. The van der Waals surface area contributed by atoms with Gasteiger partial charge in [0, 0.05) is 51.8 Å². The normalized spacial score (nSPS) is 14.2. The fourth-order valence-corrected chi connectivity index (χ4v) is 17.4. The van der Waals surface area contributed by atoms with Crippen LogP contribution in [-0.4, -0.2) is 143 Å². The summed E-state index contributed by atoms with van der Waals surface area (Å²) in [4.78, 5) is 83.0. The number of carboxylic acids is 3. The van der Waals surface area contributed by atoms with Gasteiger partial charge < -0.3 is 44.9 Å². The Morgan fingerprint density at radius 1 is 0.457 bits per heavy atom. The summed E-state index contributed by atoms with van der Waals surface area (Å²) in [5.74, 6) is -4.20. The maximum Gasteiger partial charge on any atom is 0.320 e. The summed E-state index contributed by atoms with van der Waals surface area (Å²) >= 11 is 0. The third-order valence-corrected chi connectivity index (χ3v) is 20.8. The van der Waals surface area contributed by atoms with Crippen LogP contribution in [0.1, 0.15) is 161 Å². The molecule has 1 rings (SSSR count). The Kier molecular flexibility index (Phi) is 46.2. The van der Waals surface area contributed by atoms with Crippen molar-refractivity contribution in [3.05, 3.63) is 0 Å². The second kappa shape index (κ2) is 48.5. The van der Waals surface area contributed by atoms with Crippen LogP contribution < -0.4 is 16.0 Å². The molecule has 0 aromatic carbocycles. The van der Waals surface area contributed by atoms with Crippen LogP contribution >= 0.6 is 64.8 Å². The molecule has 1 aliphatic rings. The van der Waals surface area contributed by atoms with Crippen LogP contribution in [-0.2, 0) is 52.5 Å². The van der Waals surface area contributed by atoms with Gasteiger partial charge in [-0.2, -0.15) is 0 Å². The maximum absolute atomic E-state index is 12.5. The van der Waals surface area contributed by atoms with Crippen molar-refractivity contribution in [2.75, 3.05) is 76.1 Å². The van der Waals surface area contributed by atoms with Gasteiger partial charge in [-0.15, -0.1) is 0 Å². The molecule has 0 spiro atoms. The van der Waals surface area contributed by atoms with E-state index in [9.17, 15) is 43.8 Å². The first kappa shape index (κ1) is 66.6. The molecule has 0 saturated carbocycles. The summed E-state index contributed by atoms with van der Waals surface area (Å²) in [6, 6.07) is -0.609. The highest BCUT2D eigenvalue weighted by Gasteiger charge is 2.24. The van der Waals surface area contributed by atoms with Gasteiger partial charge in [-0.1, -0.05) is 155 Å². The number of nitrogens with one attached hydrogen (secondary N) is 3. The smallest absolute Gasteiger partial charge is 0.320 e. The number of carbonyl (C=O) groups is 7. The SMILES string of the molecule is O=C(O)CCCCCCCCCCCCCCCCC(=O)C[C@@H](CCC(=O)NCCOCCOCC(=O)CCCOCCOCC(=O)NCCCCC[C@H](NC1SSCSSCSS1)C(=O)O)C(=O)O. The van der Waals surface area contributed by atoms with Crippen molar-refractivity contribution in [2.45, 2.75) is 171 Å². The van der Waals surface area contributed by atoms with Crippen LogP contribution in [0.15, 0.2) is 0 Å². The van der Waals surface area contributed by atoms with E-state index in [1.807, 2.05) is 21.6 Å². The number of aliphatic carboxylic acids is 3. The van der Waals surface area contributed by atoms with Crippen molar-refractivity contribution < 1.29 is 67.8 Å². The molecule has 2 atom stereocenters. The molecule has 0 bridgehead atoms. The number of rotatable bonds is 49. The van der Waals surface area contributed by atoms with Gasteiger partial charge in [0.2, 0.25) is 11.8 Å². The van der Waals surface area contributed by atoms with Crippen molar-refractivity contribution >= 4 is 106 Å². The second-order valence-corrected chi connectivity index (χ2v) is 25.4. The lowest BCUT2D eigenvalue weighted by atomic mass is 9.94. The lowest BCUT2D eigenvalue weighted by Crippen LogP contribution is -2.40. The van der Waals surface area contributed by atoms with Gasteiger partial charge in [0.05, 0.1) is 49.1 Å². The minimum Gasteiger partial charge on any atom is -0.481 e. The lowest BCUT2D eigenvalue weighted by Gasteiger charge is -2.21. The van der Waals surface area contributed by atoms with Crippen LogP contribution in [0, 0.1) is 5.92 Å². The third kappa shape index (κ3) is 44.1. The minimum atomic E-state index is -1.07. The van der Waals surface area contributed by atoms with Crippen LogP contribution in [0.3, 0.4) is 0 Å². The van der Waals surface area contributed by atoms with E-state index < -0.39 is 29.9 Å². The Labute approximate surface area is 440 Å². The molecule has 1 fully saturated rings. The summed E-state index contributed by atoms with van der Waals surface area (Å²) in [5.41, 5.74) is 0. The predicted octanol–water partition coefficient (Wildman–Crippen LogP) is 9.36. The Morgan fingerprint density at radius 3 is 1.56 bits per heavy atom. The zero-order chi connectivity index (χ0) is 51.1. The number of hydrogen-bond donors (Lipinski definition) is 6. The summed E-state index contributed by atoms with van der Waals surface area (Å²) in [7, 11) is 10.4. The largest absolute Gasteiger partial charge is 0.481 e. The first-order chi connectivity index (χ1) is 34.0.